The van der Waals surface area contributed by atoms with Crippen molar-refractivity contribution in [2.75, 3.05) is 0 Å². The smallest absolute Gasteiger partial charge is 0.328 e. The molecule has 0 bridgehead atoms. The van der Waals surface area contributed by atoms with Crippen LogP contribution in [-0.4, -0.2) is 23.0 Å². The second-order valence-electron chi connectivity index (χ2n) is 5.69. The van der Waals surface area contributed by atoms with Gasteiger partial charge in [0.15, 0.2) is 0 Å². The molecular formula is C20H21NO3. The first-order valence-corrected chi connectivity index (χ1v) is 7.87. The molecule has 0 aliphatic heterocycles. The predicted molar refractivity (Wildman–Crippen MR) is 93.7 cm³/mol. The summed E-state index contributed by atoms with van der Waals surface area (Å²) in [7, 11) is 0. The van der Waals surface area contributed by atoms with Crippen LogP contribution in [0.25, 0.3) is 0 Å². The highest BCUT2D eigenvalue weighted by atomic mass is 16.4. The van der Waals surface area contributed by atoms with Gasteiger partial charge in [-0.3, -0.25) is 4.79 Å². The number of amides is 1. The van der Waals surface area contributed by atoms with E-state index in [1.165, 1.54) is 11.1 Å². The quantitative estimate of drug-likeness (QED) is 0.768. The lowest BCUT2D eigenvalue weighted by Gasteiger charge is -2.22. The molecule has 0 fully saturated rings. The molecule has 0 aliphatic carbocycles. The van der Waals surface area contributed by atoms with Crippen molar-refractivity contribution in [3.05, 3.63) is 83.9 Å². The molecule has 2 aromatic carbocycles. The average Bonchev–Trinajstić information content (AvgIpc) is 2.59. The number of rotatable bonds is 7. The molecule has 2 rings (SSSR count). The highest BCUT2D eigenvalue weighted by molar-refractivity contribution is 5.93. The zero-order valence-corrected chi connectivity index (χ0v) is 13.6. The minimum atomic E-state index is -1.13. The van der Waals surface area contributed by atoms with E-state index < -0.39 is 11.9 Å². The molecule has 0 heterocycles. The van der Waals surface area contributed by atoms with Crippen LogP contribution < -0.4 is 5.32 Å². The van der Waals surface area contributed by atoms with E-state index in [1.807, 2.05) is 43.3 Å². The van der Waals surface area contributed by atoms with Gasteiger partial charge in [0.05, 0.1) is 0 Å². The molecule has 2 aromatic rings. The Kier molecular flexibility index (Phi) is 6.32. The van der Waals surface area contributed by atoms with Crippen LogP contribution in [0.5, 0.6) is 0 Å². The zero-order valence-electron chi connectivity index (χ0n) is 13.6. The van der Waals surface area contributed by atoms with E-state index in [0.29, 0.717) is 0 Å². The average molecular weight is 323 g/mol. The summed E-state index contributed by atoms with van der Waals surface area (Å²) in [5.74, 6) is -1.37. The second kappa shape index (κ2) is 8.67. The van der Waals surface area contributed by atoms with E-state index in [2.05, 4.69) is 29.6 Å². The maximum atomic E-state index is 11.8. The fraction of sp³-hybridized carbons (Fsp3) is 0.200. The third-order valence-electron chi connectivity index (χ3n) is 3.76. The van der Waals surface area contributed by atoms with Crippen LogP contribution in [0.15, 0.2) is 72.8 Å². The molecule has 0 unspecified atom stereocenters. The topological polar surface area (TPSA) is 66.4 Å². The van der Waals surface area contributed by atoms with Crippen LogP contribution in [0, 0.1) is 0 Å². The fourth-order valence-electron chi connectivity index (χ4n) is 2.69. The minimum absolute atomic E-state index is 0.0960. The molecule has 1 atom stereocenters. The van der Waals surface area contributed by atoms with Gasteiger partial charge in [-0.15, -0.1) is 0 Å². The summed E-state index contributed by atoms with van der Waals surface area (Å²) < 4.78 is 0. The van der Waals surface area contributed by atoms with Crippen LogP contribution in [-0.2, 0) is 9.59 Å². The van der Waals surface area contributed by atoms with E-state index in [9.17, 15) is 9.59 Å². The van der Waals surface area contributed by atoms with Crippen molar-refractivity contribution in [2.45, 2.75) is 25.3 Å². The number of carbonyl (C=O) groups is 2. The van der Waals surface area contributed by atoms with Crippen LogP contribution >= 0.6 is 0 Å². The molecule has 124 valence electrons. The molecular weight excluding hydrogens is 302 g/mol. The van der Waals surface area contributed by atoms with Gasteiger partial charge in [-0.2, -0.15) is 0 Å². The first-order valence-electron chi connectivity index (χ1n) is 7.87. The van der Waals surface area contributed by atoms with Crippen LogP contribution in [0.4, 0.5) is 0 Å². The number of nitrogens with one attached hydrogen (secondary N) is 1. The van der Waals surface area contributed by atoms with Crippen molar-refractivity contribution in [3.63, 3.8) is 0 Å². The van der Waals surface area contributed by atoms with Gasteiger partial charge in [-0.05, 0) is 24.5 Å². The molecule has 1 amide bonds. The first kappa shape index (κ1) is 17.5. The molecule has 0 saturated carbocycles. The fourth-order valence-corrected chi connectivity index (χ4v) is 2.69. The first-order chi connectivity index (χ1) is 11.6. The Labute approximate surface area is 141 Å². The summed E-state index contributed by atoms with van der Waals surface area (Å²) in [5, 5.41) is 11.4. The summed E-state index contributed by atoms with van der Waals surface area (Å²) in [5.41, 5.74) is 2.37. The Morgan fingerprint density at radius 2 is 1.46 bits per heavy atom. The summed E-state index contributed by atoms with van der Waals surface area (Å²) in [6.07, 6.45) is 2.60. The maximum Gasteiger partial charge on any atom is 0.328 e. The predicted octanol–water partition coefficient (Wildman–Crippen LogP) is 3.35. The van der Waals surface area contributed by atoms with Gasteiger partial charge >= 0.3 is 5.97 Å². The van der Waals surface area contributed by atoms with Gasteiger partial charge in [0.25, 0.3) is 0 Å². The maximum absolute atomic E-state index is 11.8. The van der Waals surface area contributed by atoms with Gasteiger partial charge in [0, 0.05) is 24.1 Å². The summed E-state index contributed by atoms with van der Waals surface area (Å²) >= 11 is 0. The number of carboxylic acids is 1. The molecule has 2 N–H and O–H groups in total. The Balaban J connectivity index is 2.11. The molecule has 4 heteroatoms. The molecule has 24 heavy (non-hydrogen) atoms. The SMILES string of the molecule is C[C@@H](CC(c1ccccc1)c1ccccc1)NC(=O)/C=C\C(=O)O. The summed E-state index contributed by atoms with van der Waals surface area (Å²) in [4.78, 5) is 22.2. The normalized spacial score (nSPS) is 12.2. The lowest BCUT2D eigenvalue weighted by Crippen LogP contribution is -2.32. The number of aliphatic carboxylic acids is 1. The molecule has 4 nitrogen and oxygen atoms in total. The molecule has 0 aromatic heterocycles. The zero-order chi connectivity index (χ0) is 17.4. The molecule has 0 aliphatic rings. The van der Waals surface area contributed by atoms with E-state index in [0.717, 1.165) is 18.6 Å². The lowest BCUT2D eigenvalue weighted by molar-refractivity contribution is -0.131. The molecule has 0 radical (unpaired) electrons. The third-order valence-corrected chi connectivity index (χ3v) is 3.76. The standard InChI is InChI=1S/C20H21NO3/c1-15(21-19(22)12-13-20(23)24)14-18(16-8-4-2-5-9-16)17-10-6-3-7-11-17/h2-13,15,18H,14H2,1H3,(H,21,22)(H,23,24)/b13-12-/t15-/m0/s1. The van der Waals surface area contributed by atoms with E-state index >= 15 is 0 Å². The Morgan fingerprint density at radius 1 is 0.958 bits per heavy atom. The number of carbonyl (C=O) groups excluding carboxylic acids is 1. The Hall–Kier alpha value is -2.88. The van der Waals surface area contributed by atoms with E-state index in [-0.39, 0.29) is 12.0 Å². The highest BCUT2D eigenvalue weighted by Gasteiger charge is 2.18. The van der Waals surface area contributed by atoms with Crippen molar-refractivity contribution >= 4 is 11.9 Å². The Bertz CT molecular complexity index is 656. The van der Waals surface area contributed by atoms with Gasteiger partial charge in [-0.1, -0.05) is 60.7 Å². The number of benzene rings is 2. The molecule has 0 spiro atoms. The Morgan fingerprint density at radius 3 is 1.92 bits per heavy atom. The van der Waals surface area contributed by atoms with Crippen LogP contribution in [0.1, 0.15) is 30.4 Å². The van der Waals surface area contributed by atoms with E-state index in [4.69, 9.17) is 5.11 Å². The highest BCUT2D eigenvalue weighted by Crippen LogP contribution is 2.28. The van der Waals surface area contributed by atoms with Crippen molar-refractivity contribution < 1.29 is 14.7 Å². The largest absolute Gasteiger partial charge is 0.478 e. The van der Waals surface area contributed by atoms with Crippen molar-refractivity contribution in [1.82, 2.24) is 5.32 Å². The van der Waals surface area contributed by atoms with Gasteiger partial charge in [0.1, 0.15) is 0 Å². The number of carboxylic acid groups (broad SMARTS) is 1. The van der Waals surface area contributed by atoms with Gasteiger partial charge in [0.2, 0.25) is 5.91 Å². The van der Waals surface area contributed by atoms with Crippen LogP contribution in [0.2, 0.25) is 0 Å². The second-order valence-corrected chi connectivity index (χ2v) is 5.69. The number of hydrogen-bond acceptors (Lipinski definition) is 2. The summed E-state index contributed by atoms with van der Waals surface area (Å²) in [6.45, 7) is 1.92. The van der Waals surface area contributed by atoms with Crippen molar-refractivity contribution in [1.29, 1.82) is 0 Å². The monoisotopic (exact) mass is 323 g/mol. The van der Waals surface area contributed by atoms with Gasteiger partial charge < -0.3 is 10.4 Å². The summed E-state index contributed by atoms with van der Waals surface area (Å²) in [6, 6.07) is 20.2. The number of hydrogen-bond donors (Lipinski definition) is 2. The lowest BCUT2D eigenvalue weighted by atomic mass is 9.86. The minimum Gasteiger partial charge on any atom is -0.478 e. The van der Waals surface area contributed by atoms with Crippen molar-refractivity contribution in [2.24, 2.45) is 0 Å². The third kappa shape index (κ3) is 5.39. The van der Waals surface area contributed by atoms with E-state index in [1.54, 1.807) is 0 Å². The van der Waals surface area contributed by atoms with Gasteiger partial charge in [-0.25, -0.2) is 4.79 Å². The van der Waals surface area contributed by atoms with Crippen LogP contribution in [0.3, 0.4) is 0 Å². The van der Waals surface area contributed by atoms with Crippen molar-refractivity contribution in [3.8, 4) is 0 Å². The molecule has 0 saturated heterocycles.